The van der Waals surface area contributed by atoms with Gasteiger partial charge in [0.25, 0.3) is 0 Å². The highest BCUT2D eigenvalue weighted by atomic mass is 16.4. The molecular weight excluding hydrogens is 190 g/mol. The molecular formula is C12H13NO2. The van der Waals surface area contributed by atoms with E-state index in [1.54, 1.807) is 0 Å². The van der Waals surface area contributed by atoms with Gasteiger partial charge in [-0.3, -0.25) is 0 Å². The lowest BCUT2D eigenvalue weighted by molar-refractivity contribution is -0.131. The van der Waals surface area contributed by atoms with E-state index in [1.165, 1.54) is 17.3 Å². The topological polar surface area (TPSA) is 49.3 Å². The second-order valence-electron chi connectivity index (χ2n) is 3.63. The zero-order valence-electron chi connectivity index (χ0n) is 8.31. The molecule has 1 aromatic rings. The molecule has 1 unspecified atom stereocenters. The lowest BCUT2D eigenvalue weighted by Crippen LogP contribution is -2.12. The third-order valence-electron chi connectivity index (χ3n) is 2.66. The number of carboxylic acids is 1. The van der Waals surface area contributed by atoms with E-state index in [4.69, 9.17) is 5.11 Å². The molecule has 0 fully saturated rings. The standard InChI is InChI=1S/C12H13NO2/c14-12(15)7-8-13-11-6-5-9-3-1-2-4-10(9)11/h1-4,7-8,11,13H,5-6H2,(H,14,15)/b8-7+. The summed E-state index contributed by atoms with van der Waals surface area (Å²) < 4.78 is 0. The molecule has 1 aliphatic carbocycles. The molecule has 2 N–H and O–H groups in total. The van der Waals surface area contributed by atoms with Crippen LogP contribution in [-0.2, 0) is 11.2 Å². The summed E-state index contributed by atoms with van der Waals surface area (Å²) in [5.74, 6) is -0.922. The van der Waals surface area contributed by atoms with Crippen LogP contribution in [0.2, 0.25) is 0 Å². The van der Waals surface area contributed by atoms with Crippen molar-refractivity contribution in [3.63, 3.8) is 0 Å². The van der Waals surface area contributed by atoms with E-state index in [-0.39, 0.29) is 6.04 Å². The van der Waals surface area contributed by atoms with Gasteiger partial charge in [-0.1, -0.05) is 24.3 Å². The van der Waals surface area contributed by atoms with Gasteiger partial charge in [0.2, 0.25) is 0 Å². The zero-order valence-corrected chi connectivity index (χ0v) is 8.31. The van der Waals surface area contributed by atoms with Crippen molar-refractivity contribution in [3.8, 4) is 0 Å². The first-order chi connectivity index (χ1) is 7.27. The van der Waals surface area contributed by atoms with Crippen molar-refractivity contribution in [3.05, 3.63) is 47.7 Å². The summed E-state index contributed by atoms with van der Waals surface area (Å²) in [6.07, 6.45) is 4.73. The fraction of sp³-hybridized carbons (Fsp3) is 0.250. The Morgan fingerprint density at radius 1 is 1.47 bits per heavy atom. The summed E-state index contributed by atoms with van der Waals surface area (Å²) in [4.78, 5) is 10.3. The van der Waals surface area contributed by atoms with E-state index in [0.717, 1.165) is 18.9 Å². The van der Waals surface area contributed by atoms with Crippen molar-refractivity contribution in [2.24, 2.45) is 0 Å². The van der Waals surface area contributed by atoms with Crippen molar-refractivity contribution in [1.29, 1.82) is 0 Å². The van der Waals surface area contributed by atoms with Gasteiger partial charge in [0.05, 0.1) is 6.04 Å². The van der Waals surface area contributed by atoms with Crippen LogP contribution in [-0.4, -0.2) is 11.1 Å². The molecule has 0 aromatic heterocycles. The van der Waals surface area contributed by atoms with Gasteiger partial charge in [-0.25, -0.2) is 4.79 Å². The Bertz CT molecular complexity index is 398. The lowest BCUT2D eigenvalue weighted by atomic mass is 10.1. The van der Waals surface area contributed by atoms with Crippen LogP contribution in [0.15, 0.2) is 36.5 Å². The third kappa shape index (κ3) is 2.18. The molecule has 0 amide bonds. The number of aliphatic carboxylic acids is 1. The maximum Gasteiger partial charge on any atom is 0.329 e. The molecule has 3 heteroatoms. The van der Waals surface area contributed by atoms with E-state index in [1.807, 2.05) is 12.1 Å². The lowest BCUT2D eigenvalue weighted by Gasteiger charge is -2.10. The Morgan fingerprint density at radius 3 is 3.07 bits per heavy atom. The number of hydrogen-bond donors (Lipinski definition) is 2. The van der Waals surface area contributed by atoms with Gasteiger partial charge in [0.15, 0.2) is 0 Å². The zero-order chi connectivity index (χ0) is 10.7. The monoisotopic (exact) mass is 203 g/mol. The minimum Gasteiger partial charge on any atom is -0.478 e. The van der Waals surface area contributed by atoms with Crippen molar-refractivity contribution < 1.29 is 9.90 Å². The Hall–Kier alpha value is -1.77. The van der Waals surface area contributed by atoms with E-state index < -0.39 is 5.97 Å². The number of nitrogens with one attached hydrogen (secondary N) is 1. The van der Waals surface area contributed by atoms with Crippen molar-refractivity contribution in [2.75, 3.05) is 0 Å². The number of carbonyl (C=O) groups is 1. The van der Waals surface area contributed by atoms with Crippen LogP contribution < -0.4 is 5.32 Å². The van der Waals surface area contributed by atoms with Crippen molar-refractivity contribution in [2.45, 2.75) is 18.9 Å². The van der Waals surface area contributed by atoms with Crippen LogP contribution >= 0.6 is 0 Å². The first kappa shape index (κ1) is 9.77. The van der Waals surface area contributed by atoms with Crippen molar-refractivity contribution >= 4 is 5.97 Å². The van der Waals surface area contributed by atoms with Crippen LogP contribution in [0.3, 0.4) is 0 Å². The molecule has 0 radical (unpaired) electrons. The molecule has 1 aliphatic rings. The molecule has 15 heavy (non-hydrogen) atoms. The minimum absolute atomic E-state index is 0.261. The number of rotatable bonds is 3. The predicted octanol–water partition coefficient (Wildman–Crippen LogP) is 1.86. The van der Waals surface area contributed by atoms with Gasteiger partial charge in [0, 0.05) is 12.3 Å². The second kappa shape index (κ2) is 4.17. The molecule has 0 saturated carbocycles. The summed E-state index contributed by atoms with van der Waals surface area (Å²) in [5, 5.41) is 11.6. The number of fused-ring (bicyclic) bond motifs is 1. The molecule has 0 heterocycles. The van der Waals surface area contributed by atoms with Crippen LogP contribution in [0.1, 0.15) is 23.6 Å². The summed E-state index contributed by atoms with van der Waals surface area (Å²) in [5.41, 5.74) is 2.64. The maximum atomic E-state index is 10.3. The molecule has 0 saturated heterocycles. The molecule has 3 nitrogen and oxygen atoms in total. The van der Waals surface area contributed by atoms with Gasteiger partial charge in [-0.2, -0.15) is 0 Å². The average Bonchev–Trinajstić information content (AvgIpc) is 2.62. The highest BCUT2D eigenvalue weighted by molar-refractivity contribution is 5.79. The summed E-state index contributed by atoms with van der Waals surface area (Å²) in [6.45, 7) is 0. The Balaban J connectivity index is 2.05. The molecule has 78 valence electrons. The largest absolute Gasteiger partial charge is 0.478 e. The highest BCUT2D eigenvalue weighted by Gasteiger charge is 2.19. The van der Waals surface area contributed by atoms with Crippen LogP contribution in [0.4, 0.5) is 0 Å². The molecule has 1 aromatic carbocycles. The number of aryl methyl sites for hydroxylation is 1. The Morgan fingerprint density at radius 2 is 2.27 bits per heavy atom. The van der Waals surface area contributed by atoms with E-state index in [2.05, 4.69) is 17.4 Å². The normalized spacial score (nSPS) is 19.1. The summed E-state index contributed by atoms with van der Waals surface area (Å²) in [6, 6.07) is 8.53. The summed E-state index contributed by atoms with van der Waals surface area (Å²) >= 11 is 0. The Kier molecular flexibility index (Phi) is 2.72. The van der Waals surface area contributed by atoms with Gasteiger partial charge in [0.1, 0.15) is 0 Å². The van der Waals surface area contributed by atoms with Crippen LogP contribution in [0.25, 0.3) is 0 Å². The van der Waals surface area contributed by atoms with E-state index in [9.17, 15) is 4.79 Å². The second-order valence-corrected chi connectivity index (χ2v) is 3.63. The third-order valence-corrected chi connectivity index (χ3v) is 2.66. The number of benzene rings is 1. The molecule has 1 atom stereocenters. The van der Waals surface area contributed by atoms with Gasteiger partial charge in [-0.05, 0) is 24.0 Å². The van der Waals surface area contributed by atoms with E-state index >= 15 is 0 Å². The van der Waals surface area contributed by atoms with Crippen LogP contribution in [0.5, 0.6) is 0 Å². The quantitative estimate of drug-likeness (QED) is 0.737. The number of hydrogen-bond acceptors (Lipinski definition) is 2. The van der Waals surface area contributed by atoms with Crippen LogP contribution in [0, 0.1) is 0 Å². The van der Waals surface area contributed by atoms with E-state index in [0.29, 0.717) is 0 Å². The minimum atomic E-state index is -0.922. The molecule has 2 rings (SSSR count). The van der Waals surface area contributed by atoms with Gasteiger partial charge in [-0.15, -0.1) is 0 Å². The maximum absolute atomic E-state index is 10.3. The fourth-order valence-electron chi connectivity index (χ4n) is 1.97. The smallest absolute Gasteiger partial charge is 0.329 e. The fourth-order valence-corrected chi connectivity index (χ4v) is 1.97. The molecule has 0 aliphatic heterocycles. The van der Waals surface area contributed by atoms with Crippen molar-refractivity contribution in [1.82, 2.24) is 5.32 Å². The number of carboxylic acid groups (broad SMARTS) is 1. The first-order valence-corrected chi connectivity index (χ1v) is 5.00. The Labute approximate surface area is 88.4 Å². The molecule has 0 spiro atoms. The van der Waals surface area contributed by atoms with Gasteiger partial charge >= 0.3 is 5.97 Å². The predicted molar refractivity (Wildman–Crippen MR) is 57.4 cm³/mol. The highest BCUT2D eigenvalue weighted by Crippen LogP contribution is 2.30. The SMILES string of the molecule is O=C(O)/C=C/NC1CCc2ccccc21. The average molecular weight is 203 g/mol. The first-order valence-electron chi connectivity index (χ1n) is 5.00. The van der Waals surface area contributed by atoms with Gasteiger partial charge < -0.3 is 10.4 Å². The summed E-state index contributed by atoms with van der Waals surface area (Å²) in [7, 11) is 0. The molecule has 0 bridgehead atoms.